The fourth-order valence-electron chi connectivity index (χ4n) is 6.44. The summed E-state index contributed by atoms with van der Waals surface area (Å²) in [7, 11) is 0. The van der Waals surface area contributed by atoms with Crippen molar-refractivity contribution < 1.29 is 0 Å². The lowest BCUT2D eigenvalue weighted by atomic mass is 9.95. The molecule has 9 aromatic rings. The summed E-state index contributed by atoms with van der Waals surface area (Å²) in [4.78, 5) is 20.3. The zero-order valence-electron chi connectivity index (χ0n) is 24.8. The van der Waals surface area contributed by atoms with E-state index in [1.54, 1.807) is 0 Å². The molecule has 6 aromatic carbocycles. The Morgan fingerprint density at radius 1 is 0.283 bits per heavy atom. The Morgan fingerprint density at radius 2 is 0.848 bits per heavy atom. The van der Waals surface area contributed by atoms with Gasteiger partial charge in [-0.1, -0.05) is 127 Å². The van der Waals surface area contributed by atoms with E-state index < -0.39 is 0 Å². The molecule has 0 unspecified atom stereocenters. The molecule has 0 aliphatic rings. The van der Waals surface area contributed by atoms with Crippen LogP contribution in [0.2, 0.25) is 0 Å². The van der Waals surface area contributed by atoms with E-state index >= 15 is 0 Å². The predicted molar refractivity (Wildman–Crippen MR) is 189 cm³/mol. The zero-order chi connectivity index (χ0) is 30.5. The normalized spacial score (nSPS) is 11.5. The van der Waals surface area contributed by atoms with Gasteiger partial charge in [-0.05, 0) is 35.7 Å². The van der Waals surface area contributed by atoms with Crippen LogP contribution in [0.25, 0.3) is 88.6 Å². The quantitative estimate of drug-likeness (QED) is 0.193. The first kappa shape index (κ1) is 26.2. The maximum Gasteiger partial charge on any atom is 0.160 e. The summed E-state index contributed by atoms with van der Waals surface area (Å²) in [6, 6.07) is 54.3. The molecule has 3 heterocycles. The molecule has 0 bridgehead atoms. The molecule has 0 N–H and O–H groups in total. The molecule has 214 valence electrons. The highest BCUT2D eigenvalue weighted by molar-refractivity contribution is 6.20. The van der Waals surface area contributed by atoms with Gasteiger partial charge in [-0.25, -0.2) is 19.9 Å². The second-order valence-corrected chi connectivity index (χ2v) is 11.5. The second-order valence-electron chi connectivity index (χ2n) is 11.5. The molecule has 46 heavy (non-hydrogen) atoms. The Morgan fingerprint density at radius 3 is 1.59 bits per heavy atom. The number of pyridine rings is 2. The van der Waals surface area contributed by atoms with Crippen LogP contribution in [0, 0.1) is 0 Å². The van der Waals surface area contributed by atoms with E-state index in [0.717, 1.165) is 83.3 Å². The highest BCUT2D eigenvalue weighted by Gasteiger charge is 2.16. The first-order valence-electron chi connectivity index (χ1n) is 15.4. The third-order valence-corrected chi connectivity index (χ3v) is 8.67. The predicted octanol–water partition coefficient (Wildman–Crippen LogP) is 10.5. The summed E-state index contributed by atoms with van der Waals surface area (Å²) >= 11 is 0. The summed E-state index contributed by atoms with van der Waals surface area (Å²) in [5.41, 5.74) is 9.82. The Kier molecular flexibility index (Phi) is 6.10. The van der Waals surface area contributed by atoms with Gasteiger partial charge < -0.3 is 0 Å². The molecule has 0 aliphatic carbocycles. The minimum absolute atomic E-state index is 0.717. The van der Waals surface area contributed by atoms with Crippen LogP contribution in [0.3, 0.4) is 0 Å². The average molecular weight is 587 g/mol. The van der Waals surface area contributed by atoms with Gasteiger partial charge in [-0.15, -0.1) is 0 Å². The van der Waals surface area contributed by atoms with Gasteiger partial charge in [0.2, 0.25) is 0 Å². The van der Waals surface area contributed by atoms with Gasteiger partial charge in [0.15, 0.2) is 5.82 Å². The SMILES string of the molecule is c1ccc(-c2ccc3c(ccc4c5ccccc5nc(-c5ccc(-c6nc(-c7ccccc7)nc7ccccc67)cc5)c34)n2)cc1. The van der Waals surface area contributed by atoms with Crippen LogP contribution in [0.4, 0.5) is 0 Å². The van der Waals surface area contributed by atoms with Crippen molar-refractivity contribution in [1.29, 1.82) is 0 Å². The van der Waals surface area contributed by atoms with Crippen molar-refractivity contribution in [2.45, 2.75) is 0 Å². The number of fused-ring (bicyclic) bond motifs is 6. The average Bonchev–Trinajstić information content (AvgIpc) is 3.14. The Bertz CT molecular complexity index is 2560. The van der Waals surface area contributed by atoms with Crippen LogP contribution in [-0.4, -0.2) is 19.9 Å². The van der Waals surface area contributed by atoms with Crippen molar-refractivity contribution in [2.24, 2.45) is 0 Å². The minimum Gasteiger partial charge on any atom is -0.248 e. The second kappa shape index (κ2) is 10.7. The maximum absolute atomic E-state index is 5.26. The smallest absolute Gasteiger partial charge is 0.160 e. The molecule has 0 fully saturated rings. The first-order chi connectivity index (χ1) is 22.8. The van der Waals surface area contributed by atoms with Crippen LogP contribution >= 0.6 is 0 Å². The number of rotatable bonds is 4. The summed E-state index contributed by atoms with van der Waals surface area (Å²) in [6.45, 7) is 0. The molecule has 4 nitrogen and oxygen atoms in total. The van der Waals surface area contributed by atoms with Gasteiger partial charge in [0.25, 0.3) is 0 Å². The number of nitrogens with zero attached hydrogens (tertiary/aromatic N) is 4. The van der Waals surface area contributed by atoms with E-state index in [1.165, 1.54) is 5.39 Å². The lowest BCUT2D eigenvalue weighted by Gasteiger charge is -2.14. The number of benzene rings is 6. The molecule has 0 saturated carbocycles. The van der Waals surface area contributed by atoms with Crippen LogP contribution in [0.15, 0.2) is 158 Å². The van der Waals surface area contributed by atoms with E-state index in [1.807, 2.05) is 54.6 Å². The van der Waals surface area contributed by atoms with Gasteiger partial charge in [0.1, 0.15) is 0 Å². The molecule has 0 atom stereocenters. The molecule has 0 spiro atoms. The third-order valence-electron chi connectivity index (χ3n) is 8.67. The van der Waals surface area contributed by atoms with Gasteiger partial charge in [0.05, 0.1) is 33.6 Å². The Hall–Kier alpha value is -6.26. The van der Waals surface area contributed by atoms with Crippen molar-refractivity contribution >= 4 is 43.5 Å². The van der Waals surface area contributed by atoms with E-state index in [4.69, 9.17) is 19.9 Å². The lowest BCUT2D eigenvalue weighted by Crippen LogP contribution is -1.95. The van der Waals surface area contributed by atoms with Crippen LogP contribution in [0.1, 0.15) is 0 Å². The Balaban J connectivity index is 1.23. The topological polar surface area (TPSA) is 51.6 Å². The fourth-order valence-corrected chi connectivity index (χ4v) is 6.44. The molecule has 4 heteroatoms. The fraction of sp³-hybridized carbons (Fsp3) is 0. The van der Waals surface area contributed by atoms with Gasteiger partial charge in [0, 0.05) is 43.8 Å². The number of hydrogen-bond acceptors (Lipinski definition) is 4. The summed E-state index contributed by atoms with van der Waals surface area (Å²) in [6.07, 6.45) is 0. The van der Waals surface area contributed by atoms with Crippen molar-refractivity contribution in [2.75, 3.05) is 0 Å². The van der Waals surface area contributed by atoms with Gasteiger partial charge in [-0.2, -0.15) is 0 Å². The maximum atomic E-state index is 5.26. The Labute approximate surface area is 265 Å². The molecular formula is C42H26N4. The van der Waals surface area contributed by atoms with Crippen molar-refractivity contribution in [1.82, 2.24) is 19.9 Å². The standard InChI is InChI=1S/C42H26N4/c1-3-11-27(12-4-1)35-25-24-33-38(43-35)26-23-32-31-15-7-9-17-36(31)44-41(39(32)33)29-21-19-28(20-22-29)40-34-16-8-10-18-37(34)45-42(46-40)30-13-5-2-6-14-30/h1-26H. The number of hydrogen-bond donors (Lipinski definition) is 0. The monoisotopic (exact) mass is 586 g/mol. The van der Waals surface area contributed by atoms with E-state index in [-0.39, 0.29) is 0 Å². The molecule has 0 aliphatic heterocycles. The van der Waals surface area contributed by atoms with Crippen LogP contribution < -0.4 is 0 Å². The van der Waals surface area contributed by atoms with E-state index in [0.29, 0.717) is 0 Å². The van der Waals surface area contributed by atoms with Crippen molar-refractivity contribution in [3.8, 4) is 45.2 Å². The molecule has 0 amide bonds. The largest absolute Gasteiger partial charge is 0.248 e. The van der Waals surface area contributed by atoms with Crippen molar-refractivity contribution in [3.63, 3.8) is 0 Å². The molecule has 9 rings (SSSR count). The number of para-hydroxylation sites is 2. The van der Waals surface area contributed by atoms with Crippen molar-refractivity contribution in [3.05, 3.63) is 158 Å². The first-order valence-corrected chi connectivity index (χ1v) is 15.4. The highest BCUT2D eigenvalue weighted by Crippen LogP contribution is 2.38. The molecule has 0 radical (unpaired) electrons. The molecule has 0 saturated heterocycles. The lowest BCUT2D eigenvalue weighted by molar-refractivity contribution is 1.23. The summed E-state index contributed by atoms with van der Waals surface area (Å²) < 4.78 is 0. The van der Waals surface area contributed by atoms with Gasteiger partial charge >= 0.3 is 0 Å². The highest BCUT2D eigenvalue weighted by atomic mass is 14.9. The van der Waals surface area contributed by atoms with Crippen LogP contribution in [0.5, 0.6) is 0 Å². The third kappa shape index (κ3) is 4.39. The minimum atomic E-state index is 0.717. The van der Waals surface area contributed by atoms with E-state index in [2.05, 4.69) is 103 Å². The number of aromatic nitrogens is 4. The van der Waals surface area contributed by atoms with Crippen LogP contribution in [-0.2, 0) is 0 Å². The zero-order valence-corrected chi connectivity index (χ0v) is 24.8. The molecule has 3 aromatic heterocycles. The van der Waals surface area contributed by atoms with Gasteiger partial charge in [-0.3, -0.25) is 0 Å². The van der Waals surface area contributed by atoms with E-state index in [9.17, 15) is 0 Å². The summed E-state index contributed by atoms with van der Waals surface area (Å²) in [5, 5.41) is 5.52. The molecular weight excluding hydrogens is 560 g/mol. The summed E-state index contributed by atoms with van der Waals surface area (Å²) in [5.74, 6) is 0.717.